The zero-order chi connectivity index (χ0) is 29.0. The molecule has 0 radical (unpaired) electrons. The highest BCUT2D eigenvalue weighted by Gasteiger charge is 2.44. The minimum absolute atomic E-state index is 0. The molecule has 0 saturated carbocycles. The van der Waals surface area contributed by atoms with Crippen molar-refractivity contribution in [2.45, 2.75) is 39.2 Å². The molecule has 0 aromatic heterocycles. The van der Waals surface area contributed by atoms with E-state index >= 15 is 0 Å². The Morgan fingerprint density at radius 3 is 1.56 bits per heavy atom. The highest BCUT2D eigenvalue weighted by Crippen LogP contribution is 2.55. The van der Waals surface area contributed by atoms with Crippen LogP contribution in [0.3, 0.4) is 0 Å². The Balaban J connectivity index is 0.00000588. The van der Waals surface area contributed by atoms with Crippen molar-refractivity contribution in [3.63, 3.8) is 0 Å². The van der Waals surface area contributed by atoms with Gasteiger partial charge in [0.2, 0.25) is 11.8 Å². The number of likely N-dealkylation sites (N-methyl/N-ethyl adjacent to an activating group) is 1. The molecular weight excluding hydrogens is 557 g/mol. The molecule has 0 bridgehead atoms. The van der Waals surface area contributed by atoms with Gasteiger partial charge in [0.15, 0.2) is 0 Å². The second-order valence-electron chi connectivity index (χ2n) is 10.7. The molecule has 0 saturated heterocycles. The van der Waals surface area contributed by atoms with Crippen molar-refractivity contribution >= 4 is 41.1 Å². The Labute approximate surface area is 250 Å². The molecule has 7 nitrogen and oxygen atoms in total. The normalized spacial score (nSPS) is 11.1. The predicted molar refractivity (Wildman–Crippen MR) is 164 cm³/mol. The number of hydrogen-bond acceptors (Lipinski definition) is 4. The van der Waals surface area contributed by atoms with Gasteiger partial charge in [-0.3, -0.25) is 9.59 Å². The fraction of sp³-hybridized carbons (Fsp3) is 0.344. The topological polar surface area (TPSA) is 87.7 Å². The molecule has 0 fully saturated rings. The number of ether oxygens (including phenoxy) is 1. The molecule has 3 rings (SSSR count). The van der Waals surface area contributed by atoms with Crippen molar-refractivity contribution in [3.8, 4) is 0 Å². The lowest BCUT2D eigenvalue weighted by Gasteiger charge is -2.27. The maximum absolute atomic E-state index is 12.7. The van der Waals surface area contributed by atoms with E-state index in [1.54, 1.807) is 20.8 Å². The maximum atomic E-state index is 12.7. The number of nitrogens with zero attached hydrogens (tertiary/aromatic N) is 1. The lowest BCUT2D eigenvalue weighted by molar-refractivity contribution is -0.123. The Hall–Kier alpha value is -3.41. The summed E-state index contributed by atoms with van der Waals surface area (Å²) in [4.78, 5) is 38.1. The van der Waals surface area contributed by atoms with Crippen LogP contribution < -0.4 is 39.0 Å². The third-order valence-electron chi connectivity index (χ3n) is 6.34. The number of halogens is 1. The molecule has 0 aliphatic heterocycles. The van der Waals surface area contributed by atoms with E-state index in [0.29, 0.717) is 13.0 Å². The third kappa shape index (κ3) is 10.2. The number of hydrogen-bond donors (Lipinski definition) is 2. The van der Waals surface area contributed by atoms with Crippen LogP contribution in [0.1, 0.15) is 33.6 Å². The van der Waals surface area contributed by atoms with Gasteiger partial charge in [0.1, 0.15) is 35.3 Å². The van der Waals surface area contributed by atoms with Gasteiger partial charge in [0.05, 0.1) is 6.16 Å². The first-order valence-corrected chi connectivity index (χ1v) is 15.6. The first kappa shape index (κ1) is 33.8. The summed E-state index contributed by atoms with van der Waals surface area (Å²) in [7, 11) is -0.457. The molecule has 2 N–H and O–H groups in total. The van der Waals surface area contributed by atoms with Gasteiger partial charge >= 0.3 is 6.09 Å². The summed E-state index contributed by atoms with van der Waals surface area (Å²) in [5.41, 5.74) is -0.628. The summed E-state index contributed by atoms with van der Waals surface area (Å²) in [6.07, 6.45) is 1.43. The summed E-state index contributed by atoms with van der Waals surface area (Å²) < 4.78 is 5.26. The molecule has 3 amide bonds. The van der Waals surface area contributed by atoms with Gasteiger partial charge < -0.3 is 32.7 Å². The predicted octanol–water partition coefficient (Wildman–Crippen LogP) is 0.864. The fourth-order valence-electron chi connectivity index (χ4n) is 4.53. The van der Waals surface area contributed by atoms with Crippen LogP contribution in [0.15, 0.2) is 91.0 Å². The summed E-state index contributed by atoms with van der Waals surface area (Å²) in [5.74, 6) is -0.363. The molecule has 0 atom stereocenters. The average molecular weight is 598 g/mol. The van der Waals surface area contributed by atoms with Crippen LogP contribution in [0.4, 0.5) is 4.79 Å². The monoisotopic (exact) mass is 597 g/mol. The fourth-order valence-corrected chi connectivity index (χ4v) is 8.87. The summed E-state index contributed by atoms with van der Waals surface area (Å²) in [6, 6.07) is 31.9. The molecular formula is C32H41ClN3O4P. The Morgan fingerprint density at radius 2 is 1.15 bits per heavy atom. The minimum atomic E-state index is -1.97. The van der Waals surface area contributed by atoms with Gasteiger partial charge in [-0.1, -0.05) is 54.6 Å². The minimum Gasteiger partial charge on any atom is -1.00 e. The number of benzene rings is 3. The molecule has 3 aromatic carbocycles. The van der Waals surface area contributed by atoms with E-state index in [1.165, 1.54) is 27.9 Å². The SMILES string of the molecule is CN(CC(=O)NCCNC(=O)CCC[P+](c1ccccc1)(c1ccccc1)c1ccccc1)C(=O)OC(C)(C)C.[Cl-]. The van der Waals surface area contributed by atoms with Gasteiger partial charge in [-0.25, -0.2) is 4.79 Å². The van der Waals surface area contributed by atoms with Crippen LogP contribution in [-0.4, -0.2) is 61.3 Å². The van der Waals surface area contributed by atoms with Crippen LogP contribution in [0, 0.1) is 0 Å². The first-order valence-electron chi connectivity index (χ1n) is 13.6. The van der Waals surface area contributed by atoms with Gasteiger partial charge in [-0.05, 0) is 63.6 Å². The molecule has 0 spiro atoms. The van der Waals surface area contributed by atoms with Crippen molar-refractivity contribution < 1.29 is 31.5 Å². The smallest absolute Gasteiger partial charge is 0.410 e. The number of amides is 3. The van der Waals surface area contributed by atoms with Gasteiger partial charge in [-0.2, -0.15) is 0 Å². The molecule has 0 aliphatic rings. The zero-order valence-corrected chi connectivity index (χ0v) is 26.0. The molecule has 9 heteroatoms. The molecule has 3 aromatic rings. The second kappa shape index (κ2) is 16.1. The van der Waals surface area contributed by atoms with Crippen LogP contribution in [0.25, 0.3) is 0 Å². The van der Waals surface area contributed by atoms with Gasteiger partial charge in [-0.15, -0.1) is 0 Å². The van der Waals surface area contributed by atoms with Gasteiger partial charge in [0, 0.05) is 26.6 Å². The standard InChI is InChI=1S/C32H40N3O4P.ClH/c1-32(2,3)39-31(38)35(4)25-30(37)34-23-22-33-29(36)21-14-24-40(26-15-8-5-9-16-26,27-17-10-6-11-18-27)28-19-12-7-13-20-28;/h5-13,15-20H,14,21-25H2,1-4H3,(H-,33,34,36,37);1H. The van der Waals surface area contributed by atoms with Crippen LogP contribution >= 0.6 is 7.26 Å². The number of carbonyl (C=O) groups excluding carboxylic acids is 3. The van der Waals surface area contributed by atoms with E-state index in [0.717, 1.165) is 12.6 Å². The van der Waals surface area contributed by atoms with Crippen molar-refractivity contribution in [1.29, 1.82) is 0 Å². The zero-order valence-electron chi connectivity index (χ0n) is 24.3. The van der Waals surface area contributed by atoms with E-state index in [-0.39, 0.29) is 37.3 Å². The average Bonchev–Trinajstić information content (AvgIpc) is 2.94. The van der Waals surface area contributed by atoms with Crippen molar-refractivity contribution in [1.82, 2.24) is 15.5 Å². The summed E-state index contributed by atoms with van der Waals surface area (Å²) in [5, 5.41) is 9.53. The number of carbonyl (C=O) groups is 3. The maximum Gasteiger partial charge on any atom is 0.410 e. The van der Waals surface area contributed by atoms with E-state index < -0.39 is 19.0 Å². The third-order valence-corrected chi connectivity index (χ3v) is 10.9. The number of rotatable bonds is 12. The van der Waals surface area contributed by atoms with Crippen LogP contribution in [-0.2, 0) is 14.3 Å². The second-order valence-corrected chi connectivity index (χ2v) is 14.3. The lowest BCUT2D eigenvalue weighted by Crippen LogP contribution is -3.00. The van der Waals surface area contributed by atoms with E-state index in [2.05, 4.69) is 83.4 Å². The van der Waals surface area contributed by atoms with E-state index in [4.69, 9.17) is 4.74 Å². The van der Waals surface area contributed by atoms with Crippen molar-refractivity contribution in [2.75, 3.05) is 32.8 Å². The summed E-state index contributed by atoms with van der Waals surface area (Å²) >= 11 is 0. The largest absolute Gasteiger partial charge is 1.00 e. The van der Waals surface area contributed by atoms with Crippen molar-refractivity contribution in [3.05, 3.63) is 91.0 Å². The molecule has 0 aliphatic carbocycles. The Bertz CT molecular complexity index is 1140. The quantitative estimate of drug-likeness (QED) is 0.240. The summed E-state index contributed by atoms with van der Waals surface area (Å²) in [6.45, 7) is 5.79. The van der Waals surface area contributed by atoms with Gasteiger partial charge in [0.25, 0.3) is 0 Å². The van der Waals surface area contributed by atoms with Crippen LogP contribution in [0.5, 0.6) is 0 Å². The Kier molecular flexibility index (Phi) is 13.3. The molecule has 220 valence electrons. The lowest BCUT2D eigenvalue weighted by atomic mass is 10.2. The van der Waals surface area contributed by atoms with Crippen molar-refractivity contribution in [2.24, 2.45) is 0 Å². The molecule has 41 heavy (non-hydrogen) atoms. The van der Waals surface area contributed by atoms with E-state index in [1.807, 2.05) is 18.2 Å². The highest BCUT2D eigenvalue weighted by atomic mass is 35.5. The Morgan fingerprint density at radius 1 is 0.732 bits per heavy atom. The number of nitrogens with one attached hydrogen (secondary N) is 2. The highest BCUT2D eigenvalue weighted by molar-refractivity contribution is 7.95. The molecule has 0 unspecified atom stereocenters. The first-order chi connectivity index (χ1) is 19.1. The molecule has 0 heterocycles. The van der Waals surface area contributed by atoms with E-state index in [9.17, 15) is 14.4 Å². The van der Waals surface area contributed by atoms with Crippen LogP contribution in [0.2, 0.25) is 0 Å².